The lowest BCUT2D eigenvalue weighted by Crippen LogP contribution is -2.42. The van der Waals surface area contributed by atoms with Crippen molar-refractivity contribution in [3.05, 3.63) is 22.6 Å². The second-order valence-corrected chi connectivity index (χ2v) is 5.21. The fourth-order valence-corrected chi connectivity index (χ4v) is 2.25. The van der Waals surface area contributed by atoms with Crippen LogP contribution in [0.5, 0.6) is 5.88 Å². The van der Waals surface area contributed by atoms with Gasteiger partial charge in [-0.25, -0.2) is 9.37 Å². The number of halogens is 2. The fourth-order valence-electron chi connectivity index (χ4n) is 1.94. The number of nitrogens with two attached hydrogens (primary N) is 1. The Morgan fingerprint density at radius 1 is 1.50 bits per heavy atom. The Kier molecular flexibility index (Phi) is 3.44. The van der Waals surface area contributed by atoms with Crippen LogP contribution >= 0.6 is 15.9 Å². The van der Waals surface area contributed by atoms with Gasteiger partial charge < -0.3 is 10.5 Å². The van der Waals surface area contributed by atoms with E-state index in [1.165, 1.54) is 12.3 Å². The first kappa shape index (κ1) is 11.8. The third-order valence-electron chi connectivity index (χ3n) is 2.87. The highest BCUT2D eigenvalue weighted by molar-refractivity contribution is 9.10. The van der Waals surface area contributed by atoms with Crippen LogP contribution in [-0.4, -0.2) is 17.1 Å². The zero-order chi connectivity index (χ0) is 11.6. The van der Waals surface area contributed by atoms with Crippen LogP contribution in [0.4, 0.5) is 4.39 Å². The normalized spacial score (nSPS) is 18.7. The molecular weight excluding hydrogens is 275 g/mol. The molecule has 0 saturated heterocycles. The van der Waals surface area contributed by atoms with E-state index in [4.69, 9.17) is 10.5 Å². The van der Waals surface area contributed by atoms with Crippen molar-refractivity contribution in [2.45, 2.75) is 31.2 Å². The van der Waals surface area contributed by atoms with Crippen molar-refractivity contribution in [2.75, 3.05) is 6.61 Å². The zero-order valence-corrected chi connectivity index (χ0v) is 10.5. The summed E-state index contributed by atoms with van der Waals surface area (Å²) in [4.78, 5) is 3.87. The van der Waals surface area contributed by atoms with E-state index in [2.05, 4.69) is 20.9 Å². The van der Waals surface area contributed by atoms with Crippen LogP contribution in [0.25, 0.3) is 0 Å². The molecule has 0 amide bonds. The molecule has 2 rings (SSSR count). The molecular formula is C11H14BrFN2O. The van der Waals surface area contributed by atoms with Gasteiger partial charge in [0.15, 0.2) is 5.82 Å². The maximum absolute atomic E-state index is 13.4. The Morgan fingerprint density at radius 2 is 2.19 bits per heavy atom. The van der Waals surface area contributed by atoms with Gasteiger partial charge in [0.1, 0.15) is 6.61 Å². The van der Waals surface area contributed by atoms with Crippen molar-refractivity contribution < 1.29 is 9.13 Å². The molecule has 0 unspecified atom stereocenters. The van der Waals surface area contributed by atoms with E-state index in [1.54, 1.807) is 0 Å². The Morgan fingerprint density at radius 3 is 2.81 bits per heavy atom. The quantitative estimate of drug-likeness (QED) is 0.930. The van der Waals surface area contributed by atoms with Crippen LogP contribution < -0.4 is 10.5 Å². The average Bonchev–Trinajstić information content (AvgIpc) is 2.64. The first-order valence-corrected chi connectivity index (χ1v) is 6.11. The van der Waals surface area contributed by atoms with Gasteiger partial charge >= 0.3 is 0 Å². The first-order chi connectivity index (χ1) is 7.59. The third-order valence-corrected chi connectivity index (χ3v) is 3.30. The zero-order valence-electron chi connectivity index (χ0n) is 8.88. The molecule has 1 saturated carbocycles. The summed E-state index contributed by atoms with van der Waals surface area (Å²) in [6, 6.07) is 1.33. The van der Waals surface area contributed by atoms with E-state index in [0.29, 0.717) is 11.1 Å². The maximum atomic E-state index is 13.4. The predicted molar refractivity (Wildman–Crippen MR) is 62.8 cm³/mol. The molecule has 1 aliphatic rings. The van der Waals surface area contributed by atoms with Crippen LogP contribution in [0.15, 0.2) is 16.7 Å². The van der Waals surface area contributed by atoms with Crippen molar-refractivity contribution >= 4 is 15.9 Å². The Hall–Kier alpha value is -0.680. The van der Waals surface area contributed by atoms with E-state index in [0.717, 1.165) is 25.7 Å². The summed E-state index contributed by atoms with van der Waals surface area (Å²) in [5.74, 6) is -0.434. The molecule has 1 aromatic heterocycles. The first-order valence-electron chi connectivity index (χ1n) is 5.32. The lowest BCUT2D eigenvalue weighted by Gasteiger charge is -2.23. The molecule has 0 atom stereocenters. The molecule has 0 radical (unpaired) electrons. The van der Waals surface area contributed by atoms with Gasteiger partial charge in [-0.2, -0.15) is 0 Å². The second kappa shape index (κ2) is 4.67. The SMILES string of the molecule is NC1(COc2ncc(Br)cc2F)CCCC1. The van der Waals surface area contributed by atoms with Crippen molar-refractivity contribution in [1.29, 1.82) is 0 Å². The lowest BCUT2D eigenvalue weighted by molar-refractivity contribution is 0.205. The van der Waals surface area contributed by atoms with Crippen molar-refractivity contribution in [3.8, 4) is 5.88 Å². The Bertz CT molecular complexity index is 380. The molecule has 88 valence electrons. The summed E-state index contributed by atoms with van der Waals surface area (Å²) < 4.78 is 19.3. The number of rotatable bonds is 3. The monoisotopic (exact) mass is 288 g/mol. The molecule has 1 heterocycles. The lowest BCUT2D eigenvalue weighted by atomic mass is 10.0. The smallest absolute Gasteiger partial charge is 0.250 e. The van der Waals surface area contributed by atoms with E-state index < -0.39 is 5.82 Å². The van der Waals surface area contributed by atoms with Crippen molar-refractivity contribution in [1.82, 2.24) is 4.98 Å². The van der Waals surface area contributed by atoms with Gasteiger partial charge in [-0.15, -0.1) is 0 Å². The van der Waals surface area contributed by atoms with E-state index in [9.17, 15) is 4.39 Å². The predicted octanol–water partition coefficient (Wildman–Crippen LogP) is 2.63. The minimum absolute atomic E-state index is 0.0277. The van der Waals surface area contributed by atoms with Gasteiger partial charge in [0.05, 0.1) is 5.54 Å². The number of hydrogen-bond donors (Lipinski definition) is 1. The third kappa shape index (κ3) is 2.71. The maximum Gasteiger partial charge on any atom is 0.250 e. The van der Waals surface area contributed by atoms with Crippen LogP contribution in [0.1, 0.15) is 25.7 Å². The number of nitrogens with zero attached hydrogens (tertiary/aromatic N) is 1. The fraction of sp³-hybridized carbons (Fsp3) is 0.545. The summed E-state index contributed by atoms with van der Waals surface area (Å²) in [7, 11) is 0. The van der Waals surface area contributed by atoms with Crippen LogP contribution in [0.2, 0.25) is 0 Å². The van der Waals surface area contributed by atoms with Gasteiger partial charge in [0.25, 0.3) is 5.88 Å². The second-order valence-electron chi connectivity index (χ2n) is 4.30. The summed E-state index contributed by atoms with van der Waals surface area (Å²) in [5.41, 5.74) is 5.80. The molecule has 5 heteroatoms. The van der Waals surface area contributed by atoms with Crippen LogP contribution in [0, 0.1) is 5.82 Å². The molecule has 1 fully saturated rings. The van der Waals surface area contributed by atoms with Gasteiger partial charge in [0.2, 0.25) is 0 Å². The molecule has 0 bridgehead atoms. The number of ether oxygens (including phenoxy) is 1. The van der Waals surface area contributed by atoms with Crippen LogP contribution in [0.3, 0.4) is 0 Å². The molecule has 1 aromatic rings. The Labute approximate surface area is 102 Å². The van der Waals surface area contributed by atoms with Crippen molar-refractivity contribution in [2.24, 2.45) is 5.73 Å². The highest BCUT2D eigenvalue weighted by Gasteiger charge is 2.30. The molecule has 2 N–H and O–H groups in total. The summed E-state index contributed by atoms with van der Waals surface area (Å²) in [5, 5.41) is 0. The summed E-state index contributed by atoms with van der Waals surface area (Å²) >= 11 is 3.14. The number of pyridine rings is 1. The standard InChI is InChI=1S/C11H14BrFN2O/c12-8-5-9(13)10(15-6-8)16-7-11(14)3-1-2-4-11/h5-6H,1-4,7,14H2. The summed E-state index contributed by atoms with van der Waals surface area (Å²) in [6.45, 7) is 0.332. The molecule has 1 aliphatic carbocycles. The van der Waals surface area contributed by atoms with Gasteiger partial charge in [-0.1, -0.05) is 12.8 Å². The van der Waals surface area contributed by atoms with Crippen molar-refractivity contribution in [3.63, 3.8) is 0 Å². The molecule has 0 aliphatic heterocycles. The Balaban J connectivity index is 1.99. The molecule has 16 heavy (non-hydrogen) atoms. The van der Waals surface area contributed by atoms with Gasteiger partial charge in [-0.05, 0) is 34.8 Å². The minimum atomic E-state index is -0.462. The highest BCUT2D eigenvalue weighted by Crippen LogP contribution is 2.28. The van der Waals surface area contributed by atoms with E-state index in [-0.39, 0.29) is 11.4 Å². The molecule has 0 spiro atoms. The minimum Gasteiger partial charge on any atom is -0.474 e. The molecule has 3 nitrogen and oxygen atoms in total. The summed E-state index contributed by atoms with van der Waals surface area (Å²) in [6.07, 6.45) is 5.62. The molecule has 0 aromatic carbocycles. The van der Waals surface area contributed by atoms with Crippen LogP contribution in [-0.2, 0) is 0 Å². The van der Waals surface area contributed by atoms with E-state index in [1.807, 2.05) is 0 Å². The number of hydrogen-bond acceptors (Lipinski definition) is 3. The number of aromatic nitrogens is 1. The average molecular weight is 289 g/mol. The van der Waals surface area contributed by atoms with Gasteiger partial charge in [-0.3, -0.25) is 0 Å². The highest BCUT2D eigenvalue weighted by atomic mass is 79.9. The topological polar surface area (TPSA) is 48.1 Å². The van der Waals surface area contributed by atoms with Gasteiger partial charge in [0, 0.05) is 10.7 Å². The van der Waals surface area contributed by atoms with E-state index >= 15 is 0 Å². The largest absolute Gasteiger partial charge is 0.474 e.